The number of aromatic nitrogens is 2. The number of fused-ring (bicyclic) bond motifs is 1. The van der Waals surface area contributed by atoms with Gasteiger partial charge in [0.1, 0.15) is 5.82 Å². The molecule has 4 nitrogen and oxygen atoms in total. The van der Waals surface area contributed by atoms with Gasteiger partial charge in [-0.05, 0) is 42.7 Å². The maximum Gasteiger partial charge on any atom is 0.161 e. The molecule has 0 spiro atoms. The van der Waals surface area contributed by atoms with E-state index < -0.39 is 0 Å². The molecule has 0 unspecified atom stereocenters. The van der Waals surface area contributed by atoms with Crippen molar-refractivity contribution in [1.29, 1.82) is 0 Å². The Bertz CT molecular complexity index is 1060. The average Bonchev–Trinajstić information content (AvgIpc) is 3.11. The highest BCUT2D eigenvalue weighted by Gasteiger charge is 2.11. The Kier molecular flexibility index (Phi) is 6.10. The van der Waals surface area contributed by atoms with Gasteiger partial charge in [0.2, 0.25) is 0 Å². The lowest BCUT2D eigenvalue weighted by Crippen LogP contribution is -2.07. The first kappa shape index (κ1) is 19.1. The van der Waals surface area contributed by atoms with E-state index >= 15 is 0 Å². The van der Waals surface area contributed by atoms with Gasteiger partial charge in [0.25, 0.3) is 0 Å². The first-order valence-corrected chi connectivity index (χ1v) is 10.1. The molecule has 0 amide bonds. The number of rotatable bonds is 9. The number of nitrogens with zero attached hydrogens (tertiary/aromatic N) is 2. The van der Waals surface area contributed by atoms with Crippen LogP contribution in [-0.2, 0) is 13.0 Å². The minimum Gasteiger partial charge on any atom is -0.493 e. The largest absolute Gasteiger partial charge is 0.493 e. The second kappa shape index (κ2) is 9.28. The third-order valence-electron chi connectivity index (χ3n) is 5.04. The molecule has 0 fully saturated rings. The molecule has 4 rings (SSSR count). The number of ether oxygens (including phenoxy) is 2. The summed E-state index contributed by atoms with van der Waals surface area (Å²) in [6.45, 7) is 1.60. The standard InChI is InChI=1S/C25H26N2O2/c1-28-23-15-7-8-16-24(23)29-18-10-9-17-27-22-14-6-5-13-21(22)26-25(27)19-20-11-3-2-4-12-20/h2-8,11-16H,9-10,17-19H2,1H3. The third kappa shape index (κ3) is 4.60. The molecule has 3 aromatic carbocycles. The Morgan fingerprint density at radius 1 is 0.793 bits per heavy atom. The molecule has 4 aromatic rings. The summed E-state index contributed by atoms with van der Waals surface area (Å²) in [6, 6.07) is 26.7. The SMILES string of the molecule is COc1ccccc1OCCCCn1c(Cc2ccccc2)nc2ccccc21. The number of hydrogen-bond acceptors (Lipinski definition) is 3. The van der Waals surface area contributed by atoms with Crippen LogP contribution >= 0.6 is 0 Å². The third-order valence-corrected chi connectivity index (χ3v) is 5.04. The molecule has 0 aliphatic heterocycles. The van der Waals surface area contributed by atoms with E-state index in [0.29, 0.717) is 6.61 Å². The number of para-hydroxylation sites is 4. The predicted molar refractivity (Wildman–Crippen MR) is 117 cm³/mol. The van der Waals surface area contributed by atoms with Crippen molar-refractivity contribution < 1.29 is 9.47 Å². The molecule has 0 N–H and O–H groups in total. The van der Waals surface area contributed by atoms with Crippen molar-refractivity contribution in [2.24, 2.45) is 0 Å². The Balaban J connectivity index is 1.41. The monoisotopic (exact) mass is 386 g/mol. The van der Waals surface area contributed by atoms with E-state index in [-0.39, 0.29) is 0 Å². The van der Waals surface area contributed by atoms with E-state index in [4.69, 9.17) is 14.5 Å². The summed E-state index contributed by atoms with van der Waals surface area (Å²) in [7, 11) is 1.67. The minimum absolute atomic E-state index is 0.668. The van der Waals surface area contributed by atoms with Crippen LogP contribution in [0.25, 0.3) is 11.0 Å². The quantitative estimate of drug-likeness (QED) is 0.357. The molecule has 4 heteroatoms. The molecule has 0 bridgehead atoms. The second-order valence-electron chi connectivity index (χ2n) is 7.04. The molecule has 1 aromatic heterocycles. The summed E-state index contributed by atoms with van der Waals surface area (Å²) < 4.78 is 13.6. The molecular weight excluding hydrogens is 360 g/mol. The normalized spacial score (nSPS) is 10.9. The smallest absolute Gasteiger partial charge is 0.161 e. The van der Waals surface area contributed by atoms with Crippen molar-refractivity contribution in [2.45, 2.75) is 25.8 Å². The summed E-state index contributed by atoms with van der Waals surface area (Å²) in [5, 5.41) is 0. The summed E-state index contributed by atoms with van der Waals surface area (Å²) in [5.74, 6) is 2.69. The van der Waals surface area contributed by atoms with E-state index in [0.717, 1.165) is 48.6 Å². The Morgan fingerprint density at radius 2 is 1.52 bits per heavy atom. The van der Waals surface area contributed by atoms with E-state index in [1.807, 2.05) is 36.4 Å². The van der Waals surface area contributed by atoms with Crippen molar-refractivity contribution in [3.63, 3.8) is 0 Å². The van der Waals surface area contributed by atoms with Crippen LogP contribution in [0.15, 0.2) is 78.9 Å². The van der Waals surface area contributed by atoms with Crippen LogP contribution in [0, 0.1) is 0 Å². The molecular formula is C25H26N2O2. The highest BCUT2D eigenvalue weighted by atomic mass is 16.5. The van der Waals surface area contributed by atoms with Gasteiger partial charge in [0, 0.05) is 13.0 Å². The molecule has 1 heterocycles. The number of hydrogen-bond donors (Lipinski definition) is 0. The summed E-state index contributed by atoms with van der Waals surface area (Å²) >= 11 is 0. The van der Waals surface area contributed by atoms with Gasteiger partial charge in [-0.15, -0.1) is 0 Å². The lowest BCUT2D eigenvalue weighted by Gasteiger charge is -2.12. The van der Waals surface area contributed by atoms with Gasteiger partial charge in [0.15, 0.2) is 11.5 Å². The van der Waals surface area contributed by atoms with Gasteiger partial charge >= 0.3 is 0 Å². The van der Waals surface area contributed by atoms with Gasteiger partial charge in [-0.25, -0.2) is 4.98 Å². The average molecular weight is 386 g/mol. The number of imidazole rings is 1. The zero-order valence-corrected chi connectivity index (χ0v) is 16.8. The molecule has 148 valence electrons. The zero-order valence-electron chi connectivity index (χ0n) is 16.8. The van der Waals surface area contributed by atoms with Gasteiger partial charge in [-0.2, -0.15) is 0 Å². The van der Waals surface area contributed by atoms with E-state index in [1.165, 1.54) is 11.1 Å². The highest BCUT2D eigenvalue weighted by molar-refractivity contribution is 5.76. The van der Waals surface area contributed by atoms with Crippen molar-refractivity contribution >= 4 is 11.0 Å². The van der Waals surface area contributed by atoms with Crippen LogP contribution in [-0.4, -0.2) is 23.3 Å². The number of methoxy groups -OCH3 is 1. The molecule has 0 saturated carbocycles. The van der Waals surface area contributed by atoms with Crippen molar-refractivity contribution in [3.05, 3.63) is 90.3 Å². The second-order valence-corrected chi connectivity index (χ2v) is 7.04. The molecule has 29 heavy (non-hydrogen) atoms. The topological polar surface area (TPSA) is 36.3 Å². The van der Waals surface area contributed by atoms with Crippen molar-refractivity contribution in [3.8, 4) is 11.5 Å². The van der Waals surface area contributed by atoms with Gasteiger partial charge < -0.3 is 14.0 Å². The summed E-state index contributed by atoms with van der Waals surface area (Å²) in [6.07, 6.45) is 2.83. The first-order chi connectivity index (χ1) is 14.3. The maximum absolute atomic E-state index is 5.91. The van der Waals surface area contributed by atoms with Gasteiger partial charge in [0.05, 0.1) is 24.8 Å². The van der Waals surface area contributed by atoms with Crippen LogP contribution < -0.4 is 9.47 Å². The van der Waals surface area contributed by atoms with Crippen LogP contribution in [0.2, 0.25) is 0 Å². The predicted octanol–water partition coefficient (Wildman–Crippen LogP) is 5.49. The Hall–Kier alpha value is -3.27. The van der Waals surface area contributed by atoms with Gasteiger partial charge in [-0.1, -0.05) is 54.6 Å². The lowest BCUT2D eigenvalue weighted by molar-refractivity contribution is 0.284. The Morgan fingerprint density at radius 3 is 2.34 bits per heavy atom. The minimum atomic E-state index is 0.668. The van der Waals surface area contributed by atoms with Crippen LogP contribution in [0.1, 0.15) is 24.2 Å². The molecule has 0 saturated heterocycles. The number of aryl methyl sites for hydroxylation is 1. The number of unbranched alkanes of at least 4 members (excludes halogenated alkanes) is 1. The molecule has 0 radical (unpaired) electrons. The van der Waals surface area contributed by atoms with E-state index in [9.17, 15) is 0 Å². The van der Waals surface area contributed by atoms with E-state index in [1.54, 1.807) is 7.11 Å². The molecule has 0 atom stereocenters. The lowest BCUT2D eigenvalue weighted by atomic mass is 10.1. The van der Waals surface area contributed by atoms with E-state index in [2.05, 4.69) is 47.0 Å². The van der Waals surface area contributed by atoms with Crippen molar-refractivity contribution in [2.75, 3.05) is 13.7 Å². The highest BCUT2D eigenvalue weighted by Crippen LogP contribution is 2.26. The fourth-order valence-corrected chi connectivity index (χ4v) is 3.58. The first-order valence-electron chi connectivity index (χ1n) is 10.1. The molecule has 0 aliphatic rings. The fourth-order valence-electron chi connectivity index (χ4n) is 3.58. The zero-order chi connectivity index (χ0) is 19.9. The maximum atomic E-state index is 5.91. The summed E-state index contributed by atoms with van der Waals surface area (Å²) in [5.41, 5.74) is 3.54. The van der Waals surface area contributed by atoms with Gasteiger partial charge in [-0.3, -0.25) is 0 Å². The molecule has 0 aliphatic carbocycles. The van der Waals surface area contributed by atoms with Crippen LogP contribution in [0.5, 0.6) is 11.5 Å². The van der Waals surface area contributed by atoms with Crippen molar-refractivity contribution in [1.82, 2.24) is 9.55 Å². The van der Waals surface area contributed by atoms with Crippen LogP contribution in [0.4, 0.5) is 0 Å². The van der Waals surface area contributed by atoms with Crippen LogP contribution in [0.3, 0.4) is 0 Å². The number of benzene rings is 3. The Labute approximate surface area is 171 Å². The summed E-state index contributed by atoms with van der Waals surface area (Å²) in [4.78, 5) is 4.89. The fraction of sp³-hybridized carbons (Fsp3) is 0.240.